The van der Waals surface area contributed by atoms with Crippen LogP contribution in [0.15, 0.2) is 18.2 Å². The maximum Gasteiger partial charge on any atom is 0.417 e. The van der Waals surface area contributed by atoms with Gasteiger partial charge in [-0.2, -0.15) is 18.4 Å². The molecule has 10 heteroatoms. The number of piperidine rings is 1. The zero-order chi connectivity index (χ0) is 24.1. The average molecular weight is 469 g/mol. The van der Waals surface area contributed by atoms with Gasteiger partial charge in [-0.1, -0.05) is 0 Å². The van der Waals surface area contributed by atoms with Crippen LogP contribution in [0.5, 0.6) is 0 Å². The van der Waals surface area contributed by atoms with Gasteiger partial charge in [-0.15, -0.1) is 0 Å². The number of hydrogen-bond acceptors (Lipinski definition) is 5. The van der Waals surface area contributed by atoms with Crippen LogP contribution in [-0.4, -0.2) is 70.6 Å². The van der Waals surface area contributed by atoms with Crippen molar-refractivity contribution in [1.29, 1.82) is 5.26 Å². The van der Waals surface area contributed by atoms with E-state index in [4.69, 9.17) is 14.7 Å². The summed E-state index contributed by atoms with van der Waals surface area (Å²) >= 11 is 0. The first-order chi connectivity index (χ1) is 15.7. The van der Waals surface area contributed by atoms with Crippen LogP contribution in [0.4, 0.5) is 23.7 Å². The standard InChI is InChI=1S/C23H31F3N4O3/c1-3-33-16-22-7-9-29(19-6-5-17(12-27)20(11-19)23(24,25)26)13-18(22)14-30(15-22)21(31)28-8-4-10-32-2/h5-6,11,18H,3-4,7-10,13-16H2,1-2H3,(H,28,31)/t18-,22+/m1/s1. The van der Waals surface area contributed by atoms with E-state index < -0.39 is 11.7 Å². The molecule has 1 aromatic rings. The Hall–Kier alpha value is -2.51. The number of nitriles is 1. The third-order valence-electron chi connectivity index (χ3n) is 6.61. The number of amides is 2. The van der Waals surface area contributed by atoms with Gasteiger partial charge in [-0.05, 0) is 38.0 Å². The highest BCUT2D eigenvalue weighted by Crippen LogP contribution is 2.45. The van der Waals surface area contributed by atoms with Crippen molar-refractivity contribution in [3.63, 3.8) is 0 Å². The number of carbonyl (C=O) groups excluding carboxylic acids is 1. The molecule has 182 valence electrons. The highest BCUT2D eigenvalue weighted by atomic mass is 19.4. The van der Waals surface area contributed by atoms with Gasteiger partial charge in [0, 0.05) is 70.1 Å². The molecular weight excluding hydrogens is 437 g/mol. The molecule has 0 radical (unpaired) electrons. The molecule has 0 saturated carbocycles. The molecule has 2 aliphatic rings. The summed E-state index contributed by atoms with van der Waals surface area (Å²) in [6.07, 6.45) is -3.18. The van der Waals surface area contributed by atoms with Gasteiger partial charge in [0.1, 0.15) is 0 Å². The fourth-order valence-corrected chi connectivity index (χ4v) is 4.80. The minimum Gasteiger partial charge on any atom is -0.385 e. The number of urea groups is 1. The number of benzene rings is 1. The van der Waals surface area contributed by atoms with Gasteiger partial charge in [-0.25, -0.2) is 4.79 Å². The number of likely N-dealkylation sites (tertiary alicyclic amines) is 1. The van der Waals surface area contributed by atoms with E-state index in [2.05, 4.69) is 5.32 Å². The van der Waals surface area contributed by atoms with E-state index in [-0.39, 0.29) is 22.9 Å². The summed E-state index contributed by atoms with van der Waals surface area (Å²) in [7, 11) is 1.61. The number of hydrogen-bond donors (Lipinski definition) is 1. The predicted molar refractivity (Wildman–Crippen MR) is 117 cm³/mol. The topological polar surface area (TPSA) is 77.8 Å². The summed E-state index contributed by atoms with van der Waals surface area (Å²) < 4.78 is 51.1. The Bertz CT molecular complexity index is 873. The maximum absolute atomic E-state index is 13.4. The van der Waals surface area contributed by atoms with Crippen molar-refractivity contribution in [2.45, 2.75) is 25.9 Å². The lowest BCUT2D eigenvalue weighted by molar-refractivity contribution is -0.137. The summed E-state index contributed by atoms with van der Waals surface area (Å²) in [6.45, 7) is 6.22. The average Bonchev–Trinajstić information content (AvgIpc) is 3.18. The molecule has 0 aliphatic carbocycles. The fourth-order valence-electron chi connectivity index (χ4n) is 4.80. The Morgan fingerprint density at radius 2 is 2.15 bits per heavy atom. The number of nitrogens with one attached hydrogen (secondary N) is 1. The van der Waals surface area contributed by atoms with Gasteiger partial charge in [0.05, 0.1) is 23.8 Å². The molecular formula is C23H31F3N4O3. The van der Waals surface area contributed by atoms with Gasteiger partial charge in [0.15, 0.2) is 0 Å². The van der Waals surface area contributed by atoms with Crippen molar-refractivity contribution < 1.29 is 27.4 Å². The summed E-state index contributed by atoms with van der Waals surface area (Å²) in [4.78, 5) is 16.4. The minimum absolute atomic E-state index is 0.0625. The van der Waals surface area contributed by atoms with Crippen LogP contribution in [0, 0.1) is 22.7 Å². The predicted octanol–water partition coefficient (Wildman–Crippen LogP) is 3.49. The number of halogens is 3. The van der Waals surface area contributed by atoms with Gasteiger partial charge in [0.2, 0.25) is 0 Å². The monoisotopic (exact) mass is 468 g/mol. The number of rotatable bonds is 8. The second kappa shape index (κ2) is 10.6. The van der Waals surface area contributed by atoms with Crippen molar-refractivity contribution in [1.82, 2.24) is 10.2 Å². The second-order valence-corrected chi connectivity index (χ2v) is 8.69. The molecule has 0 aromatic heterocycles. The van der Waals surface area contributed by atoms with E-state index in [9.17, 15) is 18.0 Å². The van der Waals surface area contributed by atoms with Gasteiger partial charge in [0.25, 0.3) is 0 Å². The van der Waals surface area contributed by atoms with Crippen molar-refractivity contribution >= 4 is 11.7 Å². The molecule has 2 saturated heterocycles. The number of ether oxygens (including phenoxy) is 2. The van der Waals surface area contributed by atoms with Crippen LogP contribution in [0.1, 0.15) is 30.9 Å². The molecule has 1 N–H and O–H groups in total. The molecule has 2 heterocycles. The molecule has 0 bridgehead atoms. The van der Waals surface area contributed by atoms with Crippen molar-refractivity contribution in [3.05, 3.63) is 29.3 Å². The molecule has 7 nitrogen and oxygen atoms in total. The van der Waals surface area contributed by atoms with E-state index >= 15 is 0 Å². The van der Waals surface area contributed by atoms with Crippen LogP contribution in [-0.2, 0) is 15.7 Å². The second-order valence-electron chi connectivity index (χ2n) is 8.69. The van der Waals surface area contributed by atoms with Crippen molar-refractivity contribution in [2.75, 3.05) is 64.6 Å². The number of alkyl halides is 3. The molecule has 2 amide bonds. The number of anilines is 1. The van der Waals surface area contributed by atoms with E-state index in [1.54, 1.807) is 24.1 Å². The summed E-state index contributed by atoms with van der Waals surface area (Å²) in [5.41, 5.74) is -1.09. The fraction of sp³-hybridized carbons (Fsp3) is 0.652. The number of carbonyl (C=O) groups is 1. The Morgan fingerprint density at radius 1 is 1.36 bits per heavy atom. The maximum atomic E-state index is 13.4. The SMILES string of the molecule is CCOC[C@@]12CCN(c3ccc(C#N)c(C(F)(F)F)c3)C[C@@H]1CN(C(=O)NCCCOC)C2. The van der Waals surface area contributed by atoms with Gasteiger partial charge < -0.3 is 24.6 Å². The molecule has 1 aromatic carbocycles. The highest BCUT2D eigenvalue weighted by molar-refractivity contribution is 5.74. The highest BCUT2D eigenvalue weighted by Gasteiger charge is 2.51. The van der Waals surface area contributed by atoms with E-state index in [1.165, 1.54) is 6.07 Å². The Kier molecular flexibility index (Phi) is 8.08. The van der Waals surface area contributed by atoms with Gasteiger partial charge >= 0.3 is 12.2 Å². The van der Waals surface area contributed by atoms with Crippen LogP contribution in [0.25, 0.3) is 0 Å². The third-order valence-corrected chi connectivity index (χ3v) is 6.61. The molecule has 0 spiro atoms. The Balaban J connectivity index is 1.76. The smallest absolute Gasteiger partial charge is 0.385 e. The van der Waals surface area contributed by atoms with Gasteiger partial charge in [-0.3, -0.25) is 0 Å². The van der Waals surface area contributed by atoms with Crippen LogP contribution >= 0.6 is 0 Å². The molecule has 2 fully saturated rings. The molecule has 2 aliphatic heterocycles. The Morgan fingerprint density at radius 3 is 2.82 bits per heavy atom. The van der Waals surface area contributed by atoms with E-state index in [0.29, 0.717) is 64.7 Å². The lowest BCUT2D eigenvalue weighted by Crippen LogP contribution is -2.49. The summed E-state index contributed by atoms with van der Waals surface area (Å²) in [5, 5.41) is 12.0. The molecule has 33 heavy (non-hydrogen) atoms. The van der Waals surface area contributed by atoms with E-state index in [1.807, 2.05) is 11.8 Å². The lowest BCUT2D eigenvalue weighted by Gasteiger charge is -2.44. The number of nitrogens with zero attached hydrogens (tertiary/aromatic N) is 3. The quantitative estimate of drug-likeness (QED) is 0.591. The minimum atomic E-state index is -4.60. The molecule has 0 unspecified atom stereocenters. The van der Waals surface area contributed by atoms with Crippen LogP contribution in [0.2, 0.25) is 0 Å². The summed E-state index contributed by atoms with van der Waals surface area (Å²) in [5.74, 6) is 0.0625. The van der Waals surface area contributed by atoms with E-state index in [0.717, 1.165) is 12.5 Å². The summed E-state index contributed by atoms with van der Waals surface area (Å²) in [6, 6.07) is 5.35. The zero-order valence-electron chi connectivity index (χ0n) is 19.1. The van der Waals surface area contributed by atoms with Crippen molar-refractivity contribution in [3.8, 4) is 6.07 Å². The largest absolute Gasteiger partial charge is 0.417 e. The molecule has 2 atom stereocenters. The lowest BCUT2D eigenvalue weighted by atomic mass is 9.73. The third kappa shape index (κ3) is 5.71. The van der Waals surface area contributed by atoms with Crippen molar-refractivity contribution in [2.24, 2.45) is 11.3 Å². The normalized spacial score (nSPS) is 22.7. The van der Waals surface area contributed by atoms with Crippen LogP contribution < -0.4 is 10.2 Å². The number of fused-ring (bicyclic) bond motifs is 1. The van der Waals surface area contributed by atoms with Crippen LogP contribution in [0.3, 0.4) is 0 Å². The Labute approximate surface area is 192 Å². The first-order valence-electron chi connectivity index (χ1n) is 11.2. The number of methoxy groups -OCH3 is 1. The zero-order valence-corrected chi connectivity index (χ0v) is 19.1. The first-order valence-corrected chi connectivity index (χ1v) is 11.2. The first kappa shape index (κ1) is 25.1. The molecule has 3 rings (SSSR count).